The zero-order valence-corrected chi connectivity index (χ0v) is 15.3. The normalized spacial score (nSPS) is 16.8. The second kappa shape index (κ2) is 7.68. The predicted molar refractivity (Wildman–Crippen MR) is 90.6 cm³/mol. The summed E-state index contributed by atoms with van der Waals surface area (Å²) in [7, 11) is 1.90. The van der Waals surface area contributed by atoms with Crippen molar-refractivity contribution in [2.45, 2.75) is 46.6 Å². The number of ether oxygens (including phenoxy) is 1. The standard InChI is InChI=1S/C17H28N4O3/c1-6-24-16(22)14-7-9-21(10-8-14)17(23)18-11(2)15-12(3)19-20(5)13(15)4/h11,14H,6-10H2,1-5H3,(H,18,23). The molecule has 1 atom stereocenters. The summed E-state index contributed by atoms with van der Waals surface area (Å²) in [6.07, 6.45) is 1.32. The van der Waals surface area contributed by atoms with Gasteiger partial charge in [0.05, 0.1) is 24.3 Å². The molecule has 0 aromatic carbocycles. The maximum atomic E-state index is 12.5. The van der Waals surface area contributed by atoms with E-state index in [-0.39, 0.29) is 24.0 Å². The van der Waals surface area contributed by atoms with Crippen LogP contribution in [-0.2, 0) is 16.6 Å². The molecule has 1 aliphatic rings. The van der Waals surface area contributed by atoms with Crippen molar-refractivity contribution in [2.24, 2.45) is 13.0 Å². The van der Waals surface area contributed by atoms with Crippen LogP contribution in [0.5, 0.6) is 0 Å². The highest BCUT2D eigenvalue weighted by Crippen LogP contribution is 2.22. The van der Waals surface area contributed by atoms with E-state index in [1.807, 2.05) is 39.4 Å². The third-order valence-corrected chi connectivity index (χ3v) is 4.74. The lowest BCUT2D eigenvalue weighted by Gasteiger charge is -2.32. The van der Waals surface area contributed by atoms with Crippen LogP contribution < -0.4 is 5.32 Å². The van der Waals surface area contributed by atoms with E-state index in [1.54, 1.807) is 4.90 Å². The first kappa shape index (κ1) is 18.3. The van der Waals surface area contributed by atoms with E-state index in [1.165, 1.54) is 0 Å². The highest BCUT2D eigenvalue weighted by atomic mass is 16.5. The minimum Gasteiger partial charge on any atom is -0.466 e. The van der Waals surface area contributed by atoms with Crippen LogP contribution in [0.15, 0.2) is 0 Å². The third kappa shape index (κ3) is 3.88. The molecule has 0 bridgehead atoms. The van der Waals surface area contributed by atoms with Gasteiger partial charge < -0.3 is 15.0 Å². The second-order valence-electron chi connectivity index (χ2n) is 6.39. The molecular weight excluding hydrogens is 308 g/mol. The van der Waals surface area contributed by atoms with Crippen LogP contribution in [0.1, 0.15) is 49.7 Å². The fourth-order valence-electron chi connectivity index (χ4n) is 3.34. The van der Waals surface area contributed by atoms with Crippen molar-refractivity contribution in [3.8, 4) is 0 Å². The molecule has 1 aromatic rings. The van der Waals surface area contributed by atoms with Gasteiger partial charge in [0.2, 0.25) is 0 Å². The number of rotatable bonds is 4. The first-order valence-electron chi connectivity index (χ1n) is 8.57. The fraction of sp³-hybridized carbons (Fsp3) is 0.706. The zero-order chi connectivity index (χ0) is 17.9. The number of hydrogen-bond acceptors (Lipinski definition) is 4. The van der Waals surface area contributed by atoms with Crippen LogP contribution in [0.25, 0.3) is 0 Å². The van der Waals surface area contributed by atoms with Crippen LogP contribution in [0.4, 0.5) is 4.79 Å². The molecular formula is C17H28N4O3. The lowest BCUT2D eigenvalue weighted by atomic mass is 9.97. The number of amides is 2. The van der Waals surface area contributed by atoms with E-state index < -0.39 is 0 Å². The molecule has 7 nitrogen and oxygen atoms in total. The minimum absolute atomic E-state index is 0.0887. The molecule has 2 heterocycles. The molecule has 24 heavy (non-hydrogen) atoms. The lowest BCUT2D eigenvalue weighted by molar-refractivity contribution is -0.149. The van der Waals surface area contributed by atoms with Crippen molar-refractivity contribution in [3.05, 3.63) is 17.0 Å². The molecule has 2 amide bonds. The summed E-state index contributed by atoms with van der Waals surface area (Å²) in [5.74, 6) is -0.234. The number of carbonyl (C=O) groups is 2. The van der Waals surface area contributed by atoms with Crippen LogP contribution in [0.2, 0.25) is 0 Å². The molecule has 1 aliphatic heterocycles. The molecule has 1 unspecified atom stereocenters. The summed E-state index contributed by atoms with van der Waals surface area (Å²) in [6.45, 7) is 9.30. The predicted octanol–water partition coefficient (Wildman–Crippen LogP) is 2.08. The summed E-state index contributed by atoms with van der Waals surface area (Å²) < 4.78 is 6.89. The highest BCUT2D eigenvalue weighted by molar-refractivity contribution is 5.76. The average Bonchev–Trinajstić information content (AvgIpc) is 2.80. The minimum atomic E-state index is -0.146. The molecule has 1 N–H and O–H groups in total. The van der Waals surface area contributed by atoms with Crippen molar-refractivity contribution in [3.63, 3.8) is 0 Å². The summed E-state index contributed by atoms with van der Waals surface area (Å²) >= 11 is 0. The number of nitrogens with one attached hydrogen (secondary N) is 1. The summed E-state index contributed by atoms with van der Waals surface area (Å²) in [5, 5.41) is 7.45. The number of likely N-dealkylation sites (tertiary alicyclic amines) is 1. The molecule has 1 saturated heterocycles. The molecule has 0 spiro atoms. The Bertz CT molecular complexity index is 603. The van der Waals surface area contributed by atoms with Gasteiger partial charge in [-0.15, -0.1) is 0 Å². The van der Waals surface area contributed by atoms with Crippen molar-refractivity contribution in [2.75, 3.05) is 19.7 Å². The van der Waals surface area contributed by atoms with Gasteiger partial charge in [0, 0.05) is 31.4 Å². The Morgan fingerprint density at radius 3 is 2.46 bits per heavy atom. The number of hydrogen-bond donors (Lipinski definition) is 1. The quantitative estimate of drug-likeness (QED) is 0.854. The monoisotopic (exact) mass is 336 g/mol. The van der Waals surface area contributed by atoms with E-state index in [4.69, 9.17) is 4.74 Å². The van der Waals surface area contributed by atoms with Crippen molar-refractivity contribution >= 4 is 12.0 Å². The number of aryl methyl sites for hydroxylation is 2. The molecule has 2 rings (SSSR count). The van der Waals surface area contributed by atoms with Crippen LogP contribution in [0, 0.1) is 19.8 Å². The number of esters is 1. The van der Waals surface area contributed by atoms with E-state index in [0.717, 1.165) is 17.0 Å². The zero-order valence-electron chi connectivity index (χ0n) is 15.3. The van der Waals surface area contributed by atoms with Crippen molar-refractivity contribution in [1.29, 1.82) is 0 Å². The fourth-order valence-corrected chi connectivity index (χ4v) is 3.34. The van der Waals surface area contributed by atoms with E-state index in [0.29, 0.717) is 32.5 Å². The second-order valence-corrected chi connectivity index (χ2v) is 6.39. The Hall–Kier alpha value is -2.05. The highest BCUT2D eigenvalue weighted by Gasteiger charge is 2.29. The Kier molecular flexibility index (Phi) is 5.85. The van der Waals surface area contributed by atoms with E-state index in [9.17, 15) is 9.59 Å². The molecule has 0 radical (unpaired) electrons. The van der Waals surface area contributed by atoms with E-state index in [2.05, 4.69) is 10.4 Å². The van der Waals surface area contributed by atoms with Gasteiger partial charge in [-0.3, -0.25) is 9.48 Å². The third-order valence-electron chi connectivity index (χ3n) is 4.74. The Labute approximate surface area is 143 Å². The van der Waals surface area contributed by atoms with Crippen LogP contribution in [0.3, 0.4) is 0 Å². The van der Waals surface area contributed by atoms with Gasteiger partial charge in [-0.25, -0.2) is 4.79 Å². The van der Waals surface area contributed by atoms with Crippen LogP contribution >= 0.6 is 0 Å². The van der Waals surface area contributed by atoms with Gasteiger partial charge in [-0.1, -0.05) is 0 Å². The van der Waals surface area contributed by atoms with E-state index >= 15 is 0 Å². The lowest BCUT2D eigenvalue weighted by Crippen LogP contribution is -2.46. The first-order chi connectivity index (χ1) is 11.3. The topological polar surface area (TPSA) is 76.5 Å². The van der Waals surface area contributed by atoms with Crippen LogP contribution in [-0.4, -0.2) is 46.4 Å². The summed E-state index contributed by atoms with van der Waals surface area (Å²) in [6, 6.07) is -0.193. The number of carbonyl (C=O) groups excluding carboxylic acids is 2. The van der Waals surface area contributed by atoms with Gasteiger partial charge in [0.25, 0.3) is 0 Å². The van der Waals surface area contributed by atoms with Crippen molar-refractivity contribution in [1.82, 2.24) is 20.0 Å². The molecule has 0 aliphatic carbocycles. The maximum absolute atomic E-state index is 12.5. The van der Waals surface area contributed by atoms with Gasteiger partial charge in [-0.2, -0.15) is 5.10 Å². The molecule has 0 saturated carbocycles. The average molecular weight is 336 g/mol. The van der Waals surface area contributed by atoms with Gasteiger partial charge in [-0.05, 0) is 40.5 Å². The largest absolute Gasteiger partial charge is 0.466 e. The first-order valence-corrected chi connectivity index (χ1v) is 8.57. The maximum Gasteiger partial charge on any atom is 0.317 e. The number of aromatic nitrogens is 2. The summed E-state index contributed by atoms with van der Waals surface area (Å²) in [4.78, 5) is 26.0. The Morgan fingerprint density at radius 2 is 1.96 bits per heavy atom. The summed E-state index contributed by atoms with van der Waals surface area (Å²) in [5.41, 5.74) is 3.05. The van der Waals surface area contributed by atoms with Crippen molar-refractivity contribution < 1.29 is 14.3 Å². The Morgan fingerprint density at radius 1 is 1.33 bits per heavy atom. The van der Waals surface area contributed by atoms with Gasteiger partial charge in [0.1, 0.15) is 0 Å². The molecule has 1 aromatic heterocycles. The Balaban J connectivity index is 1.90. The smallest absolute Gasteiger partial charge is 0.317 e. The molecule has 134 valence electrons. The SMILES string of the molecule is CCOC(=O)C1CCN(C(=O)NC(C)c2c(C)nn(C)c2C)CC1. The molecule has 1 fully saturated rings. The van der Waals surface area contributed by atoms with Gasteiger partial charge in [0.15, 0.2) is 0 Å². The number of piperidine rings is 1. The number of nitrogens with zero attached hydrogens (tertiary/aromatic N) is 3. The number of urea groups is 1. The molecule has 7 heteroatoms. The van der Waals surface area contributed by atoms with Gasteiger partial charge >= 0.3 is 12.0 Å².